The minimum Gasteiger partial charge on any atom is -0.504 e. The highest BCUT2D eigenvalue weighted by atomic mass is 16.5. The van der Waals surface area contributed by atoms with Crippen molar-refractivity contribution in [2.45, 2.75) is 6.61 Å². The maximum Gasteiger partial charge on any atom is 0.189 e. The summed E-state index contributed by atoms with van der Waals surface area (Å²) in [5.74, 6) is 0.589. The molecule has 28 heavy (non-hydrogen) atoms. The molecule has 0 spiro atoms. The van der Waals surface area contributed by atoms with Crippen molar-refractivity contribution >= 4 is 23.4 Å². The molecular weight excluding hydrogens is 356 g/mol. The highest BCUT2D eigenvalue weighted by Gasteiger charge is 2.10. The number of nitrogens with zero attached hydrogens (tertiary/aromatic N) is 1. The molecule has 0 saturated carbocycles. The quantitative estimate of drug-likeness (QED) is 0.427. The fourth-order valence-corrected chi connectivity index (χ4v) is 2.61. The molecule has 0 fully saturated rings. The van der Waals surface area contributed by atoms with Crippen LogP contribution >= 0.6 is 0 Å². The van der Waals surface area contributed by atoms with E-state index < -0.39 is 0 Å². The summed E-state index contributed by atoms with van der Waals surface area (Å²) in [6, 6.07) is 15.5. The van der Waals surface area contributed by atoms with Crippen LogP contribution < -0.4 is 10.1 Å². The van der Waals surface area contributed by atoms with E-state index in [1.54, 1.807) is 48.7 Å². The number of benzene rings is 2. The number of phenols is 1. The Morgan fingerprint density at radius 2 is 1.96 bits per heavy atom. The summed E-state index contributed by atoms with van der Waals surface area (Å²) in [5.41, 5.74) is 2.65. The Balaban J connectivity index is 1.79. The topological polar surface area (TPSA) is 91.7 Å². The van der Waals surface area contributed by atoms with Crippen molar-refractivity contribution in [3.05, 3.63) is 83.6 Å². The summed E-state index contributed by atoms with van der Waals surface area (Å²) in [5, 5.41) is 22.1. The van der Waals surface area contributed by atoms with Gasteiger partial charge in [0.15, 0.2) is 17.3 Å². The Kier molecular flexibility index (Phi) is 6.04. The number of carbonyl (C=O) groups is 1. The summed E-state index contributed by atoms with van der Waals surface area (Å²) < 4.78 is 5.01. The van der Waals surface area contributed by atoms with Crippen LogP contribution in [0.4, 0.5) is 11.5 Å². The number of methoxy groups -OCH3 is 1. The second kappa shape index (κ2) is 8.83. The first-order valence-electron chi connectivity index (χ1n) is 8.62. The number of aromatic nitrogens is 1. The van der Waals surface area contributed by atoms with Gasteiger partial charge >= 0.3 is 0 Å². The molecule has 0 unspecified atom stereocenters. The van der Waals surface area contributed by atoms with Crippen LogP contribution in [-0.4, -0.2) is 28.1 Å². The Bertz CT molecular complexity index is 998. The van der Waals surface area contributed by atoms with Crippen LogP contribution in [0.25, 0.3) is 6.08 Å². The summed E-state index contributed by atoms with van der Waals surface area (Å²) in [6.07, 6.45) is 4.65. The number of carbonyl (C=O) groups excluding carboxylic acids is 1. The van der Waals surface area contributed by atoms with E-state index in [0.29, 0.717) is 22.7 Å². The largest absolute Gasteiger partial charge is 0.504 e. The van der Waals surface area contributed by atoms with Gasteiger partial charge in [0.2, 0.25) is 0 Å². The predicted octanol–water partition coefficient (Wildman–Crippen LogP) is 3.93. The zero-order chi connectivity index (χ0) is 19.9. The lowest BCUT2D eigenvalue weighted by atomic mass is 10.1. The average Bonchev–Trinajstić information content (AvgIpc) is 2.73. The van der Waals surface area contributed by atoms with Crippen LogP contribution in [0.5, 0.6) is 11.5 Å². The summed E-state index contributed by atoms with van der Waals surface area (Å²) >= 11 is 0. The molecule has 2 aromatic carbocycles. The molecule has 142 valence electrons. The van der Waals surface area contributed by atoms with E-state index in [1.165, 1.54) is 19.3 Å². The highest BCUT2D eigenvalue weighted by Crippen LogP contribution is 2.27. The number of ether oxygens (including phenoxy) is 1. The van der Waals surface area contributed by atoms with Crippen molar-refractivity contribution in [2.24, 2.45) is 0 Å². The second-order valence-electron chi connectivity index (χ2n) is 6.01. The van der Waals surface area contributed by atoms with Crippen LogP contribution in [0.3, 0.4) is 0 Å². The number of allylic oxidation sites excluding steroid dienone is 1. The van der Waals surface area contributed by atoms with Crippen LogP contribution in [-0.2, 0) is 6.61 Å². The van der Waals surface area contributed by atoms with Gasteiger partial charge in [-0.25, -0.2) is 4.98 Å². The molecule has 1 aromatic heterocycles. The first kappa shape index (κ1) is 19.1. The molecule has 3 aromatic rings. The number of aliphatic hydroxyl groups is 1. The van der Waals surface area contributed by atoms with Gasteiger partial charge in [-0.1, -0.05) is 24.3 Å². The number of aromatic hydroxyl groups is 1. The fourth-order valence-electron chi connectivity index (χ4n) is 2.61. The standard InChI is InChI=1S/C22H20N2O4/c1-28-21-11-7-15(13-20(21)27)6-10-19(26)18-3-2-12-23-22(18)24-17-8-4-16(14-25)5-9-17/h2-13,25,27H,14H2,1H3,(H,23,24)/b10-6+. The normalized spacial score (nSPS) is 10.8. The Hall–Kier alpha value is -3.64. The van der Waals surface area contributed by atoms with Gasteiger partial charge in [0.1, 0.15) is 5.82 Å². The van der Waals surface area contributed by atoms with Gasteiger partial charge in [-0.05, 0) is 53.6 Å². The zero-order valence-corrected chi connectivity index (χ0v) is 15.3. The van der Waals surface area contributed by atoms with E-state index in [1.807, 2.05) is 12.1 Å². The molecule has 0 aliphatic carbocycles. The number of phenolic OH excluding ortho intramolecular Hbond substituents is 1. The highest BCUT2D eigenvalue weighted by molar-refractivity contribution is 6.10. The fraction of sp³-hybridized carbons (Fsp3) is 0.0909. The molecule has 6 nitrogen and oxygen atoms in total. The minimum atomic E-state index is -0.224. The van der Waals surface area contributed by atoms with Gasteiger partial charge in [0.05, 0.1) is 19.3 Å². The molecule has 0 bridgehead atoms. The molecular formula is C22H20N2O4. The number of pyridine rings is 1. The third-order valence-electron chi connectivity index (χ3n) is 4.10. The predicted molar refractivity (Wildman–Crippen MR) is 108 cm³/mol. The Morgan fingerprint density at radius 3 is 2.64 bits per heavy atom. The van der Waals surface area contributed by atoms with Gasteiger partial charge in [0.25, 0.3) is 0 Å². The lowest BCUT2D eigenvalue weighted by molar-refractivity contribution is 0.104. The number of rotatable bonds is 7. The molecule has 0 aliphatic heterocycles. The summed E-state index contributed by atoms with van der Waals surface area (Å²) in [6.45, 7) is -0.0285. The maximum absolute atomic E-state index is 12.7. The molecule has 1 heterocycles. The molecule has 0 amide bonds. The van der Waals surface area contributed by atoms with Crippen molar-refractivity contribution in [1.82, 2.24) is 4.98 Å². The molecule has 6 heteroatoms. The van der Waals surface area contributed by atoms with E-state index in [2.05, 4.69) is 10.3 Å². The van der Waals surface area contributed by atoms with Crippen molar-refractivity contribution < 1.29 is 19.7 Å². The van der Waals surface area contributed by atoms with Gasteiger partial charge in [-0.3, -0.25) is 4.79 Å². The zero-order valence-electron chi connectivity index (χ0n) is 15.3. The van der Waals surface area contributed by atoms with Crippen molar-refractivity contribution in [3.63, 3.8) is 0 Å². The average molecular weight is 376 g/mol. The number of hydrogen-bond donors (Lipinski definition) is 3. The lowest BCUT2D eigenvalue weighted by Crippen LogP contribution is -2.03. The SMILES string of the molecule is COc1ccc(/C=C/C(=O)c2cccnc2Nc2ccc(CO)cc2)cc1O. The van der Waals surface area contributed by atoms with Crippen LogP contribution in [0.15, 0.2) is 66.9 Å². The van der Waals surface area contributed by atoms with Crippen LogP contribution in [0.1, 0.15) is 21.5 Å². The van der Waals surface area contributed by atoms with E-state index in [4.69, 9.17) is 9.84 Å². The Morgan fingerprint density at radius 1 is 1.18 bits per heavy atom. The number of ketones is 1. The van der Waals surface area contributed by atoms with Crippen LogP contribution in [0.2, 0.25) is 0 Å². The van der Waals surface area contributed by atoms with E-state index in [-0.39, 0.29) is 18.1 Å². The first-order chi connectivity index (χ1) is 13.6. The third kappa shape index (κ3) is 4.55. The molecule has 3 rings (SSSR count). The second-order valence-corrected chi connectivity index (χ2v) is 6.01. The number of hydrogen-bond acceptors (Lipinski definition) is 6. The smallest absolute Gasteiger partial charge is 0.189 e. The van der Waals surface area contributed by atoms with Gasteiger partial charge < -0.3 is 20.3 Å². The van der Waals surface area contributed by atoms with Gasteiger partial charge in [0, 0.05) is 11.9 Å². The van der Waals surface area contributed by atoms with E-state index >= 15 is 0 Å². The molecule has 0 radical (unpaired) electrons. The number of anilines is 2. The lowest BCUT2D eigenvalue weighted by Gasteiger charge is -2.09. The number of aliphatic hydroxyl groups excluding tert-OH is 1. The molecule has 0 aliphatic rings. The van der Waals surface area contributed by atoms with Crippen molar-refractivity contribution in [2.75, 3.05) is 12.4 Å². The van der Waals surface area contributed by atoms with Crippen molar-refractivity contribution in [1.29, 1.82) is 0 Å². The molecule has 0 saturated heterocycles. The van der Waals surface area contributed by atoms with Gasteiger partial charge in [-0.15, -0.1) is 0 Å². The summed E-state index contributed by atoms with van der Waals surface area (Å²) in [7, 11) is 1.47. The van der Waals surface area contributed by atoms with Crippen molar-refractivity contribution in [3.8, 4) is 11.5 Å². The van der Waals surface area contributed by atoms with Crippen LogP contribution in [0, 0.1) is 0 Å². The monoisotopic (exact) mass is 376 g/mol. The maximum atomic E-state index is 12.7. The van der Waals surface area contributed by atoms with Gasteiger partial charge in [-0.2, -0.15) is 0 Å². The van der Waals surface area contributed by atoms with E-state index in [0.717, 1.165) is 11.3 Å². The Labute approximate surface area is 162 Å². The molecule has 3 N–H and O–H groups in total. The number of nitrogens with one attached hydrogen (secondary N) is 1. The minimum absolute atomic E-state index is 0.00663. The third-order valence-corrected chi connectivity index (χ3v) is 4.10. The molecule has 0 atom stereocenters. The first-order valence-corrected chi connectivity index (χ1v) is 8.62. The summed E-state index contributed by atoms with van der Waals surface area (Å²) in [4.78, 5) is 16.9. The van der Waals surface area contributed by atoms with E-state index in [9.17, 15) is 9.90 Å².